The molecule has 0 bridgehead atoms. The van der Waals surface area contributed by atoms with Crippen molar-refractivity contribution in [1.82, 2.24) is 9.80 Å². The van der Waals surface area contributed by atoms with Crippen LogP contribution in [0.3, 0.4) is 0 Å². The normalized spacial score (nSPS) is 17.2. The lowest BCUT2D eigenvalue weighted by Crippen LogP contribution is -2.32. The molecule has 0 spiro atoms. The zero-order valence-electron chi connectivity index (χ0n) is 12.6. The van der Waals surface area contributed by atoms with Gasteiger partial charge < -0.3 is 9.84 Å². The number of β-amino-alcohol motifs (C(OH)–C–C–N with tert-alkyl or cyclic N) is 1. The number of ether oxygens (including phenoxy) is 1. The molecule has 0 amide bonds. The van der Waals surface area contributed by atoms with Crippen LogP contribution in [0.2, 0.25) is 0 Å². The zero-order valence-corrected chi connectivity index (χ0v) is 12.6. The minimum absolute atomic E-state index is 0.229. The molecule has 1 heterocycles. The van der Waals surface area contributed by atoms with Crippen molar-refractivity contribution >= 4 is 0 Å². The summed E-state index contributed by atoms with van der Waals surface area (Å²) in [5.41, 5.74) is 1.74. The molecule has 0 unspecified atom stereocenters. The predicted octanol–water partition coefficient (Wildman–Crippen LogP) is 1.07. The third-order valence-corrected chi connectivity index (χ3v) is 3.89. The maximum Gasteiger partial charge on any atom is 0.136 e. The maximum absolute atomic E-state index is 9.02. The quantitative estimate of drug-likeness (QED) is 0.878. The second kappa shape index (κ2) is 7.99. The summed E-state index contributed by atoms with van der Waals surface area (Å²) in [4.78, 5) is 4.72. The molecule has 2 rings (SSSR count). The van der Waals surface area contributed by atoms with Crippen LogP contribution in [0.15, 0.2) is 18.2 Å². The second-order valence-electron chi connectivity index (χ2n) is 5.34. The predicted molar refractivity (Wildman–Crippen MR) is 81.1 cm³/mol. The third kappa shape index (κ3) is 4.43. The highest BCUT2D eigenvalue weighted by Gasteiger charge is 2.15. The molecule has 1 aliphatic rings. The number of hydrogen-bond acceptors (Lipinski definition) is 5. The minimum atomic E-state index is 0.229. The standard InChI is InChI=1S/C16H23N3O2/c1-21-16-11-14(3-4-15(16)12-17)13-19-6-2-5-18(7-8-19)9-10-20/h3-4,11,20H,2,5-10,13H2,1H3. The fourth-order valence-corrected chi connectivity index (χ4v) is 2.73. The van der Waals surface area contributed by atoms with E-state index in [1.165, 1.54) is 5.56 Å². The summed E-state index contributed by atoms with van der Waals surface area (Å²) in [6, 6.07) is 7.91. The van der Waals surface area contributed by atoms with Gasteiger partial charge in [-0.2, -0.15) is 5.26 Å². The molecule has 1 aliphatic heterocycles. The molecular formula is C16H23N3O2. The average Bonchev–Trinajstić information content (AvgIpc) is 2.73. The van der Waals surface area contributed by atoms with E-state index in [0.717, 1.165) is 45.7 Å². The van der Waals surface area contributed by atoms with Crippen molar-refractivity contribution < 1.29 is 9.84 Å². The highest BCUT2D eigenvalue weighted by Crippen LogP contribution is 2.20. The summed E-state index contributed by atoms with van der Waals surface area (Å²) in [6.45, 7) is 5.97. The zero-order chi connectivity index (χ0) is 15.1. The largest absolute Gasteiger partial charge is 0.495 e. The fourth-order valence-electron chi connectivity index (χ4n) is 2.73. The molecule has 1 N–H and O–H groups in total. The molecule has 1 saturated heterocycles. The van der Waals surface area contributed by atoms with Crippen LogP contribution >= 0.6 is 0 Å². The van der Waals surface area contributed by atoms with Gasteiger partial charge in [-0.05, 0) is 37.2 Å². The number of hydrogen-bond donors (Lipinski definition) is 1. The summed E-state index contributed by atoms with van der Waals surface area (Å²) in [5, 5.41) is 18.0. The van der Waals surface area contributed by atoms with Crippen molar-refractivity contribution in [2.75, 3.05) is 46.4 Å². The van der Waals surface area contributed by atoms with Gasteiger partial charge in [-0.15, -0.1) is 0 Å². The first-order valence-electron chi connectivity index (χ1n) is 7.39. The van der Waals surface area contributed by atoms with Gasteiger partial charge in [0.05, 0.1) is 19.3 Å². The van der Waals surface area contributed by atoms with Crippen molar-refractivity contribution in [3.05, 3.63) is 29.3 Å². The lowest BCUT2D eigenvalue weighted by Gasteiger charge is -2.21. The van der Waals surface area contributed by atoms with Crippen molar-refractivity contribution in [1.29, 1.82) is 5.26 Å². The number of rotatable bonds is 5. The topological polar surface area (TPSA) is 59.7 Å². The van der Waals surface area contributed by atoms with E-state index in [2.05, 4.69) is 15.9 Å². The number of aliphatic hydroxyl groups is 1. The van der Waals surface area contributed by atoms with Gasteiger partial charge in [0.2, 0.25) is 0 Å². The molecule has 1 fully saturated rings. The van der Waals surface area contributed by atoms with Gasteiger partial charge in [-0.25, -0.2) is 0 Å². The third-order valence-electron chi connectivity index (χ3n) is 3.89. The number of benzene rings is 1. The monoisotopic (exact) mass is 289 g/mol. The molecule has 5 nitrogen and oxygen atoms in total. The van der Waals surface area contributed by atoms with E-state index in [1.807, 2.05) is 18.2 Å². The Labute approximate surface area is 126 Å². The first-order chi connectivity index (χ1) is 10.3. The first-order valence-corrected chi connectivity index (χ1v) is 7.39. The van der Waals surface area contributed by atoms with Crippen molar-refractivity contribution in [2.24, 2.45) is 0 Å². The van der Waals surface area contributed by atoms with Gasteiger partial charge in [0, 0.05) is 26.2 Å². The molecule has 114 valence electrons. The fraction of sp³-hybridized carbons (Fsp3) is 0.562. The van der Waals surface area contributed by atoms with Crippen LogP contribution in [0, 0.1) is 11.3 Å². The first kappa shape index (κ1) is 15.8. The van der Waals surface area contributed by atoms with E-state index < -0.39 is 0 Å². The smallest absolute Gasteiger partial charge is 0.136 e. The van der Waals surface area contributed by atoms with Gasteiger partial charge in [-0.1, -0.05) is 6.07 Å². The molecule has 0 aromatic heterocycles. The van der Waals surface area contributed by atoms with Gasteiger partial charge in [0.15, 0.2) is 0 Å². The molecular weight excluding hydrogens is 266 g/mol. The van der Waals surface area contributed by atoms with E-state index in [0.29, 0.717) is 11.3 Å². The molecule has 5 heteroatoms. The minimum Gasteiger partial charge on any atom is -0.495 e. The van der Waals surface area contributed by atoms with E-state index >= 15 is 0 Å². The van der Waals surface area contributed by atoms with Gasteiger partial charge in [-0.3, -0.25) is 9.80 Å². The van der Waals surface area contributed by atoms with Crippen molar-refractivity contribution in [2.45, 2.75) is 13.0 Å². The molecule has 0 aliphatic carbocycles. The van der Waals surface area contributed by atoms with Crippen molar-refractivity contribution in [3.63, 3.8) is 0 Å². The second-order valence-corrected chi connectivity index (χ2v) is 5.34. The Hall–Kier alpha value is -1.61. The summed E-state index contributed by atoms with van der Waals surface area (Å²) in [5.74, 6) is 0.645. The van der Waals surface area contributed by atoms with Crippen LogP contribution in [0.1, 0.15) is 17.5 Å². The summed E-state index contributed by atoms with van der Waals surface area (Å²) in [7, 11) is 1.60. The Bertz CT molecular complexity index is 499. The highest BCUT2D eigenvalue weighted by molar-refractivity contribution is 5.45. The Morgan fingerprint density at radius 2 is 2.00 bits per heavy atom. The molecule has 1 aromatic carbocycles. The Kier molecular flexibility index (Phi) is 6.00. The van der Waals surface area contributed by atoms with E-state index in [-0.39, 0.29) is 6.61 Å². The summed E-state index contributed by atoms with van der Waals surface area (Å²) >= 11 is 0. The van der Waals surface area contributed by atoms with Gasteiger partial charge in [0.1, 0.15) is 11.8 Å². The lowest BCUT2D eigenvalue weighted by molar-refractivity contribution is 0.196. The van der Waals surface area contributed by atoms with Crippen LogP contribution in [-0.4, -0.2) is 61.3 Å². The van der Waals surface area contributed by atoms with Crippen LogP contribution in [0.5, 0.6) is 5.75 Å². The van der Waals surface area contributed by atoms with Crippen LogP contribution in [-0.2, 0) is 6.54 Å². The maximum atomic E-state index is 9.02. The Balaban J connectivity index is 1.97. The number of aliphatic hydroxyl groups excluding tert-OH is 1. The molecule has 1 aromatic rings. The lowest BCUT2D eigenvalue weighted by atomic mass is 10.1. The summed E-state index contributed by atoms with van der Waals surface area (Å²) < 4.78 is 5.26. The van der Waals surface area contributed by atoms with E-state index in [1.54, 1.807) is 7.11 Å². The molecule has 0 saturated carbocycles. The van der Waals surface area contributed by atoms with Gasteiger partial charge >= 0.3 is 0 Å². The van der Waals surface area contributed by atoms with Crippen LogP contribution in [0.25, 0.3) is 0 Å². The van der Waals surface area contributed by atoms with Gasteiger partial charge in [0.25, 0.3) is 0 Å². The average molecular weight is 289 g/mol. The number of nitrogens with zero attached hydrogens (tertiary/aromatic N) is 3. The van der Waals surface area contributed by atoms with E-state index in [4.69, 9.17) is 15.1 Å². The van der Waals surface area contributed by atoms with Crippen LogP contribution < -0.4 is 4.74 Å². The number of nitriles is 1. The summed E-state index contributed by atoms with van der Waals surface area (Å²) in [6.07, 6.45) is 1.12. The Morgan fingerprint density at radius 1 is 1.24 bits per heavy atom. The molecule has 0 atom stereocenters. The SMILES string of the molecule is COc1cc(CN2CCCN(CCO)CC2)ccc1C#N. The Morgan fingerprint density at radius 3 is 2.71 bits per heavy atom. The molecule has 21 heavy (non-hydrogen) atoms. The highest BCUT2D eigenvalue weighted by atomic mass is 16.5. The number of methoxy groups -OCH3 is 1. The van der Waals surface area contributed by atoms with Crippen LogP contribution in [0.4, 0.5) is 0 Å². The van der Waals surface area contributed by atoms with Crippen molar-refractivity contribution in [3.8, 4) is 11.8 Å². The molecule has 0 radical (unpaired) electrons. The van der Waals surface area contributed by atoms with E-state index in [9.17, 15) is 0 Å².